The highest BCUT2D eigenvalue weighted by Crippen LogP contribution is 2.24. The molecule has 0 bridgehead atoms. The predicted octanol–water partition coefficient (Wildman–Crippen LogP) is 2.93. The fourth-order valence-electron chi connectivity index (χ4n) is 1.50. The smallest absolute Gasteiger partial charge is 0.311 e. The summed E-state index contributed by atoms with van der Waals surface area (Å²) in [5.74, 6) is -1.39. The van der Waals surface area contributed by atoms with Crippen molar-refractivity contribution in [3.63, 3.8) is 0 Å². The maximum Gasteiger partial charge on any atom is 0.311 e. The quantitative estimate of drug-likeness (QED) is 0.864. The summed E-state index contributed by atoms with van der Waals surface area (Å²) >= 11 is 5.76. The van der Waals surface area contributed by atoms with Crippen LogP contribution in [0.25, 0.3) is 0 Å². The molecule has 0 aromatic heterocycles. The number of carboxylic acid groups (broad SMARTS) is 1. The van der Waals surface area contributed by atoms with Crippen molar-refractivity contribution < 1.29 is 14.6 Å². The van der Waals surface area contributed by atoms with Gasteiger partial charge >= 0.3 is 5.97 Å². The number of carboxylic acids is 1. The van der Waals surface area contributed by atoms with Gasteiger partial charge in [-0.2, -0.15) is 0 Å². The van der Waals surface area contributed by atoms with Crippen molar-refractivity contribution in [2.75, 3.05) is 7.11 Å². The Morgan fingerprint density at radius 2 is 2.00 bits per heavy atom. The molecule has 1 aromatic carbocycles. The van der Waals surface area contributed by atoms with E-state index in [1.165, 1.54) is 0 Å². The van der Waals surface area contributed by atoms with Crippen LogP contribution in [0.5, 0.6) is 0 Å². The van der Waals surface area contributed by atoms with Crippen molar-refractivity contribution in [1.82, 2.24) is 0 Å². The summed E-state index contributed by atoms with van der Waals surface area (Å²) in [5.41, 5.74) is 0.751. The molecule has 0 heterocycles. The lowest BCUT2D eigenvalue weighted by Gasteiger charge is -2.16. The van der Waals surface area contributed by atoms with Gasteiger partial charge in [0.2, 0.25) is 0 Å². The van der Waals surface area contributed by atoms with Crippen LogP contribution in [0.3, 0.4) is 0 Å². The third kappa shape index (κ3) is 3.51. The molecule has 1 rings (SSSR count). The number of aliphatic carboxylic acids is 1. The number of hydrogen-bond donors (Lipinski definition) is 1. The first-order valence-corrected chi connectivity index (χ1v) is 5.43. The molecule has 0 saturated carbocycles. The van der Waals surface area contributed by atoms with Gasteiger partial charge in [-0.25, -0.2) is 0 Å². The van der Waals surface area contributed by atoms with E-state index in [1.807, 2.05) is 6.92 Å². The number of hydrogen-bond acceptors (Lipinski definition) is 2. The number of carbonyl (C=O) groups is 1. The Morgan fingerprint density at radius 1 is 1.44 bits per heavy atom. The van der Waals surface area contributed by atoms with E-state index in [0.29, 0.717) is 11.4 Å². The SMILES string of the molecule is COC(C)CC(C(=O)O)c1ccc(Cl)cc1. The van der Waals surface area contributed by atoms with Crippen molar-refractivity contribution in [3.8, 4) is 0 Å². The molecule has 4 heteroatoms. The van der Waals surface area contributed by atoms with Gasteiger partial charge in [0.25, 0.3) is 0 Å². The molecule has 2 unspecified atom stereocenters. The van der Waals surface area contributed by atoms with Crippen molar-refractivity contribution in [1.29, 1.82) is 0 Å². The number of benzene rings is 1. The number of halogens is 1. The summed E-state index contributed by atoms with van der Waals surface area (Å²) in [7, 11) is 1.57. The minimum absolute atomic E-state index is 0.0863. The van der Waals surface area contributed by atoms with E-state index in [4.69, 9.17) is 21.4 Å². The molecule has 1 N–H and O–H groups in total. The zero-order valence-corrected chi connectivity index (χ0v) is 10.1. The van der Waals surface area contributed by atoms with Crippen LogP contribution in [0.2, 0.25) is 5.02 Å². The Bertz CT molecular complexity index is 348. The second-order valence-corrected chi connectivity index (χ2v) is 4.16. The first kappa shape index (κ1) is 13.0. The normalized spacial score (nSPS) is 14.4. The fourth-order valence-corrected chi connectivity index (χ4v) is 1.63. The van der Waals surface area contributed by atoms with Crippen LogP contribution in [-0.2, 0) is 9.53 Å². The standard InChI is InChI=1S/C12H15ClO3/c1-8(16-2)7-11(12(14)15)9-3-5-10(13)6-4-9/h3-6,8,11H,7H2,1-2H3,(H,14,15). The van der Waals surface area contributed by atoms with Gasteiger partial charge in [-0.1, -0.05) is 23.7 Å². The zero-order valence-electron chi connectivity index (χ0n) is 9.31. The lowest BCUT2D eigenvalue weighted by Crippen LogP contribution is -2.18. The summed E-state index contributed by atoms with van der Waals surface area (Å²) < 4.78 is 5.09. The van der Waals surface area contributed by atoms with Gasteiger partial charge in [0, 0.05) is 12.1 Å². The molecule has 1 aromatic rings. The Kier molecular flexibility index (Phi) is 4.77. The summed E-state index contributed by atoms with van der Waals surface area (Å²) in [4.78, 5) is 11.1. The molecule has 0 aliphatic heterocycles. The lowest BCUT2D eigenvalue weighted by atomic mass is 9.94. The second kappa shape index (κ2) is 5.87. The first-order chi connectivity index (χ1) is 7.54. The molecule has 0 spiro atoms. The largest absolute Gasteiger partial charge is 0.481 e. The molecule has 0 fully saturated rings. The minimum atomic E-state index is -0.841. The van der Waals surface area contributed by atoms with Crippen LogP contribution < -0.4 is 0 Å². The molecule has 0 amide bonds. The van der Waals surface area contributed by atoms with Crippen LogP contribution in [0.15, 0.2) is 24.3 Å². The Balaban J connectivity index is 2.85. The molecular formula is C12H15ClO3. The Labute approximate surface area is 100.0 Å². The Morgan fingerprint density at radius 3 is 2.44 bits per heavy atom. The number of rotatable bonds is 5. The number of methoxy groups -OCH3 is 1. The van der Waals surface area contributed by atoms with Crippen LogP contribution in [0.4, 0.5) is 0 Å². The maximum atomic E-state index is 11.1. The summed E-state index contributed by atoms with van der Waals surface area (Å²) in [5, 5.41) is 9.76. The van der Waals surface area contributed by atoms with Crippen molar-refractivity contribution in [3.05, 3.63) is 34.9 Å². The highest BCUT2D eigenvalue weighted by Gasteiger charge is 2.22. The summed E-state index contributed by atoms with van der Waals surface area (Å²) in [6.45, 7) is 1.85. The third-order valence-electron chi connectivity index (χ3n) is 2.54. The van der Waals surface area contributed by atoms with E-state index >= 15 is 0 Å². The third-order valence-corrected chi connectivity index (χ3v) is 2.79. The van der Waals surface area contributed by atoms with Gasteiger partial charge in [0.05, 0.1) is 12.0 Å². The fraction of sp³-hybridized carbons (Fsp3) is 0.417. The molecule has 3 nitrogen and oxygen atoms in total. The molecule has 0 aliphatic rings. The second-order valence-electron chi connectivity index (χ2n) is 3.72. The summed E-state index contributed by atoms with van der Waals surface area (Å²) in [6, 6.07) is 6.88. The van der Waals surface area contributed by atoms with Gasteiger partial charge in [-0.05, 0) is 31.0 Å². The van der Waals surface area contributed by atoms with E-state index in [1.54, 1.807) is 31.4 Å². The van der Waals surface area contributed by atoms with Crippen LogP contribution in [-0.4, -0.2) is 24.3 Å². The van der Waals surface area contributed by atoms with Gasteiger partial charge in [0.1, 0.15) is 0 Å². The average Bonchev–Trinajstić information content (AvgIpc) is 2.26. The summed E-state index contributed by atoms with van der Waals surface area (Å²) in [6.07, 6.45) is 0.366. The topological polar surface area (TPSA) is 46.5 Å². The Hall–Kier alpha value is -1.06. The van der Waals surface area contributed by atoms with Gasteiger partial charge in [-0.15, -0.1) is 0 Å². The van der Waals surface area contributed by atoms with E-state index in [9.17, 15) is 4.79 Å². The predicted molar refractivity (Wildman–Crippen MR) is 62.9 cm³/mol. The van der Waals surface area contributed by atoms with Crippen molar-refractivity contribution in [2.45, 2.75) is 25.4 Å². The van der Waals surface area contributed by atoms with E-state index < -0.39 is 11.9 Å². The average molecular weight is 243 g/mol. The first-order valence-electron chi connectivity index (χ1n) is 5.05. The lowest BCUT2D eigenvalue weighted by molar-refractivity contribution is -0.139. The van der Waals surface area contributed by atoms with Gasteiger partial charge < -0.3 is 9.84 Å². The van der Waals surface area contributed by atoms with Crippen LogP contribution in [0, 0.1) is 0 Å². The highest BCUT2D eigenvalue weighted by molar-refractivity contribution is 6.30. The highest BCUT2D eigenvalue weighted by atomic mass is 35.5. The number of ether oxygens (including phenoxy) is 1. The molecule has 88 valence electrons. The molecular weight excluding hydrogens is 228 g/mol. The van der Waals surface area contributed by atoms with Crippen molar-refractivity contribution >= 4 is 17.6 Å². The molecule has 0 aliphatic carbocycles. The minimum Gasteiger partial charge on any atom is -0.481 e. The molecule has 16 heavy (non-hydrogen) atoms. The monoisotopic (exact) mass is 242 g/mol. The van der Waals surface area contributed by atoms with E-state index in [2.05, 4.69) is 0 Å². The van der Waals surface area contributed by atoms with E-state index in [0.717, 1.165) is 5.56 Å². The van der Waals surface area contributed by atoms with Crippen LogP contribution >= 0.6 is 11.6 Å². The van der Waals surface area contributed by atoms with Gasteiger partial charge in [-0.3, -0.25) is 4.79 Å². The molecule has 0 radical (unpaired) electrons. The molecule has 0 saturated heterocycles. The maximum absolute atomic E-state index is 11.1. The molecule has 2 atom stereocenters. The van der Waals surface area contributed by atoms with Crippen LogP contribution in [0.1, 0.15) is 24.8 Å². The zero-order chi connectivity index (χ0) is 12.1. The van der Waals surface area contributed by atoms with Crippen molar-refractivity contribution in [2.24, 2.45) is 0 Å². The van der Waals surface area contributed by atoms with Gasteiger partial charge in [0.15, 0.2) is 0 Å². The van der Waals surface area contributed by atoms with E-state index in [-0.39, 0.29) is 6.10 Å².